The molecule has 1 fully saturated rings. The second kappa shape index (κ2) is 11.2. The van der Waals surface area contributed by atoms with E-state index in [1.54, 1.807) is 42.2 Å². The maximum absolute atomic E-state index is 15.2. The van der Waals surface area contributed by atoms with Crippen LogP contribution in [-0.2, 0) is 30.7 Å². The first kappa shape index (κ1) is 30.8. The van der Waals surface area contributed by atoms with E-state index in [1.807, 2.05) is 0 Å². The average Bonchev–Trinajstić information content (AvgIpc) is 3.50. The smallest absolute Gasteiger partial charge is 0.293 e. The quantitative estimate of drug-likeness (QED) is 0.143. The fraction of sp³-hybridized carbons (Fsp3) is 0.273. The number of nitrogens with zero attached hydrogens (tertiary/aromatic N) is 5. The fourth-order valence-electron chi connectivity index (χ4n) is 6.66. The van der Waals surface area contributed by atoms with Crippen LogP contribution in [0.25, 0.3) is 22.0 Å². The number of alkyl halides is 4. The van der Waals surface area contributed by atoms with Gasteiger partial charge in [0.1, 0.15) is 35.3 Å². The van der Waals surface area contributed by atoms with Crippen molar-refractivity contribution < 1.29 is 31.1 Å². The van der Waals surface area contributed by atoms with Gasteiger partial charge in [0.15, 0.2) is 0 Å². The van der Waals surface area contributed by atoms with Crippen LogP contribution < -0.4 is 5.32 Å². The first-order valence-electron chi connectivity index (χ1n) is 14.5. The Labute approximate surface area is 268 Å². The average molecular weight is 669 g/mol. The van der Waals surface area contributed by atoms with Crippen LogP contribution in [0, 0.1) is 29.9 Å². The van der Waals surface area contributed by atoms with Crippen LogP contribution >= 0.6 is 11.6 Å². The Morgan fingerprint density at radius 1 is 1.13 bits per heavy atom. The molecule has 0 bridgehead atoms. The maximum atomic E-state index is 15.2. The highest BCUT2D eigenvalue weighted by molar-refractivity contribution is 6.35. The molecular weight excluding hydrogens is 646 g/mol. The Hall–Kier alpha value is -4.83. The second-order valence-corrected chi connectivity index (χ2v) is 12.1. The number of benzene rings is 2. The monoisotopic (exact) mass is 668 g/mol. The Morgan fingerprint density at radius 2 is 1.85 bits per heavy atom. The third kappa shape index (κ3) is 5.20. The number of halogens is 7. The fourth-order valence-corrected chi connectivity index (χ4v) is 6.86. The van der Waals surface area contributed by atoms with E-state index in [0.717, 1.165) is 12.1 Å². The molecule has 0 radical (unpaired) electrons. The summed E-state index contributed by atoms with van der Waals surface area (Å²) in [6.07, 6.45) is 3.99. The number of pyridine rings is 1. The Morgan fingerprint density at radius 3 is 2.55 bits per heavy atom. The van der Waals surface area contributed by atoms with Crippen LogP contribution in [-0.4, -0.2) is 30.5 Å². The molecule has 3 heterocycles. The van der Waals surface area contributed by atoms with Gasteiger partial charge < -0.3 is 5.32 Å². The lowest BCUT2D eigenvalue weighted by Gasteiger charge is -2.23. The first-order chi connectivity index (χ1) is 22.4. The van der Waals surface area contributed by atoms with E-state index >= 15 is 8.78 Å². The summed E-state index contributed by atoms with van der Waals surface area (Å²) >= 11 is 6.42. The molecule has 7 rings (SSSR count). The number of hydrogen-bond acceptors (Lipinski definition) is 4. The summed E-state index contributed by atoms with van der Waals surface area (Å²) in [6, 6.07) is 8.32. The first-order valence-corrected chi connectivity index (χ1v) is 14.8. The third-order valence-electron chi connectivity index (χ3n) is 8.70. The van der Waals surface area contributed by atoms with Crippen molar-refractivity contribution in [3.63, 3.8) is 0 Å². The highest BCUT2D eigenvalue weighted by Gasteiger charge is 2.67. The lowest BCUT2D eigenvalue weighted by Crippen LogP contribution is -2.35. The van der Waals surface area contributed by atoms with Gasteiger partial charge >= 0.3 is 0 Å². The van der Waals surface area contributed by atoms with E-state index < -0.39 is 65.7 Å². The number of terminal acetylenes is 1. The van der Waals surface area contributed by atoms with Gasteiger partial charge in [0, 0.05) is 41.1 Å². The number of fused-ring (bicyclic) bond motifs is 4. The molecule has 0 saturated heterocycles. The van der Waals surface area contributed by atoms with Crippen LogP contribution in [0.3, 0.4) is 0 Å². The third-order valence-corrected chi connectivity index (χ3v) is 9.03. The highest BCUT2D eigenvalue weighted by Crippen LogP contribution is 2.68. The number of rotatable bonds is 8. The van der Waals surface area contributed by atoms with Crippen molar-refractivity contribution in [3.05, 3.63) is 99.2 Å². The van der Waals surface area contributed by atoms with Gasteiger partial charge in [-0.3, -0.25) is 14.2 Å². The molecule has 0 spiro atoms. The number of aromatic nitrogens is 5. The Bertz CT molecular complexity index is 2120. The van der Waals surface area contributed by atoms with Crippen LogP contribution in [0.5, 0.6) is 0 Å². The number of amides is 1. The number of carbonyl (C=O) groups is 1. The molecule has 1 unspecified atom stereocenters. The molecule has 1 N–H and O–H groups in total. The minimum atomic E-state index is -3.43. The SMILES string of the molecule is C#Cc1ccc(-c2ccc(Cl)c3cnn(C)c23)c([C@H](Cc2cc(F)cc(F)c2)NC(=O)Cn2nc(C(F)F)c3c2C(F)(F)C2C[C@H]32)n1. The van der Waals surface area contributed by atoms with Gasteiger partial charge in [-0.05, 0) is 54.7 Å². The largest absolute Gasteiger partial charge is 0.346 e. The normalized spacial score (nSPS) is 18.2. The summed E-state index contributed by atoms with van der Waals surface area (Å²) < 4.78 is 88.9. The van der Waals surface area contributed by atoms with E-state index in [4.69, 9.17) is 18.0 Å². The standard InChI is InChI=1S/C33H23ClF6N6O/c1-3-18-4-5-19(20-6-7-24(34)22-13-41-45(2)30(20)22)28(42-18)25(10-15-8-16(35)11-17(36)9-15)43-26(47)14-46-31-27(29(44-46)32(37)38)21-12-23(21)33(31,39)40/h1,4-9,11,13,21,23,25,32H,10,12,14H2,2H3,(H,43,47)/t21-,23?,25-/m0/s1. The molecule has 5 aromatic rings. The molecule has 2 aliphatic rings. The van der Waals surface area contributed by atoms with Crippen molar-refractivity contribution in [3.8, 4) is 23.5 Å². The summed E-state index contributed by atoms with van der Waals surface area (Å²) in [6.45, 7) is -0.824. The summed E-state index contributed by atoms with van der Waals surface area (Å²) in [5, 5.41) is 11.8. The molecule has 1 saturated carbocycles. The maximum Gasteiger partial charge on any atom is 0.293 e. The van der Waals surface area contributed by atoms with E-state index in [1.165, 1.54) is 0 Å². The van der Waals surface area contributed by atoms with E-state index in [0.29, 0.717) is 37.8 Å². The molecular formula is C33H23ClF6N6O. The van der Waals surface area contributed by atoms with E-state index in [9.17, 15) is 22.4 Å². The lowest BCUT2D eigenvalue weighted by atomic mass is 9.94. The van der Waals surface area contributed by atoms with Gasteiger partial charge in [0.25, 0.3) is 12.3 Å². The van der Waals surface area contributed by atoms with Gasteiger partial charge in [0.2, 0.25) is 5.91 Å². The molecule has 1 amide bonds. The Balaban J connectivity index is 1.32. The topological polar surface area (TPSA) is 77.6 Å². The second-order valence-electron chi connectivity index (χ2n) is 11.7. The van der Waals surface area contributed by atoms with E-state index in [2.05, 4.69) is 26.4 Å². The van der Waals surface area contributed by atoms with Crippen molar-refractivity contribution in [1.29, 1.82) is 0 Å². The molecule has 3 aromatic heterocycles. The predicted molar refractivity (Wildman–Crippen MR) is 160 cm³/mol. The zero-order chi connectivity index (χ0) is 33.4. The summed E-state index contributed by atoms with van der Waals surface area (Å²) in [5.74, 6) is -5.45. The molecule has 7 nitrogen and oxygen atoms in total. The van der Waals surface area contributed by atoms with Crippen molar-refractivity contribution in [2.45, 2.75) is 43.7 Å². The Kier molecular flexibility index (Phi) is 7.31. The number of aryl methyl sites for hydroxylation is 1. The molecule has 14 heteroatoms. The minimum absolute atomic E-state index is 0.0679. The van der Waals surface area contributed by atoms with Gasteiger partial charge in [0.05, 0.1) is 28.5 Å². The van der Waals surface area contributed by atoms with Gasteiger partial charge in [-0.25, -0.2) is 22.5 Å². The highest BCUT2D eigenvalue weighted by atomic mass is 35.5. The van der Waals surface area contributed by atoms with Gasteiger partial charge in [-0.15, -0.1) is 6.42 Å². The van der Waals surface area contributed by atoms with Crippen molar-refractivity contribution >= 4 is 28.4 Å². The zero-order valence-electron chi connectivity index (χ0n) is 24.4. The number of hydrogen-bond donors (Lipinski definition) is 1. The number of carbonyl (C=O) groups excluding carboxylic acids is 1. The summed E-state index contributed by atoms with van der Waals surface area (Å²) in [4.78, 5) is 18.2. The summed E-state index contributed by atoms with van der Waals surface area (Å²) in [5.41, 5.74) is 0.501. The molecule has 240 valence electrons. The van der Waals surface area contributed by atoms with Gasteiger partial charge in [-0.1, -0.05) is 23.6 Å². The van der Waals surface area contributed by atoms with Gasteiger partial charge in [-0.2, -0.15) is 19.0 Å². The van der Waals surface area contributed by atoms with Crippen molar-refractivity contribution in [2.75, 3.05) is 0 Å². The summed E-state index contributed by atoms with van der Waals surface area (Å²) in [7, 11) is 1.70. The van der Waals surface area contributed by atoms with Crippen LogP contribution in [0.4, 0.5) is 26.3 Å². The van der Waals surface area contributed by atoms with Crippen LogP contribution in [0.2, 0.25) is 5.02 Å². The van der Waals surface area contributed by atoms with E-state index in [-0.39, 0.29) is 35.4 Å². The van der Waals surface area contributed by atoms with Crippen molar-refractivity contribution in [1.82, 2.24) is 29.9 Å². The lowest BCUT2D eigenvalue weighted by molar-refractivity contribution is -0.123. The van der Waals surface area contributed by atoms with Crippen LogP contribution in [0.15, 0.2) is 48.7 Å². The van der Waals surface area contributed by atoms with Crippen molar-refractivity contribution in [2.24, 2.45) is 13.0 Å². The molecule has 47 heavy (non-hydrogen) atoms. The molecule has 3 atom stereocenters. The molecule has 2 aliphatic carbocycles. The van der Waals surface area contributed by atoms with Crippen LogP contribution in [0.1, 0.15) is 58.7 Å². The predicted octanol–water partition coefficient (Wildman–Crippen LogP) is 6.99. The minimum Gasteiger partial charge on any atom is -0.346 e. The molecule has 2 aromatic carbocycles. The zero-order valence-corrected chi connectivity index (χ0v) is 25.2. The number of nitrogens with one attached hydrogen (secondary N) is 1. The molecule has 0 aliphatic heterocycles.